The van der Waals surface area contributed by atoms with Gasteiger partial charge in [0.1, 0.15) is 11.2 Å². The van der Waals surface area contributed by atoms with Crippen LogP contribution in [0.3, 0.4) is 0 Å². The van der Waals surface area contributed by atoms with E-state index in [1.165, 1.54) is 38.6 Å². The van der Waals surface area contributed by atoms with Crippen LogP contribution in [0.1, 0.15) is 0 Å². The quantitative estimate of drug-likeness (QED) is 0.185. The molecule has 0 saturated heterocycles. The highest BCUT2D eigenvalue weighted by molar-refractivity contribution is 6.12. The summed E-state index contributed by atoms with van der Waals surface area (Å²) in [6, 6.07) is 66.9. The summed E-state index contributed by atoms with van der Waals surface area (Å²) in [6.45, 7) is 0. The van der Waals surface area contributed by atoms with Crippen molar-refractivity contribution in [1.29, 1.82) is 0 Å². The van der Waals surface area contributed by atoms with Crippen LogP contribution in [0, 0.1) is 0 Å². The summed E-state index contributed by atoms with van der Waals surface area (Å²) in [4.78, 5) is 2.31. The van der Waals surface area contributed by atoms with Crippen LogP contribution in [0.4, 0.5) is 17.1 Å². The van der Waals surface area contributed by atoms with Gasteiger partial charge in [0.15, 0.2) is 0 Å². The number of benzene rings is 8. The lowest BCUT2D eigenvalue weighted by atomic mass is 9.95. The van der Waals surface area contributed by atoms with Gasteiger partial charge in [0, 0.05) is 27.8 Å². The second kappa shape index (κ2) is 11.8. The lowest BCUT2D eigenvalue weighted by molar-refractivity contribution is 0.669. The largest absolute Gasteiger partial charge is 0.456 e. The van der Waals surface area contributed by atoms with Gasteiger partial charge in [-0.1, -0.05) is 133 Å². The molecule has 9 rings (SSSR count). The van der Waals surface area contributed by atoms with Crippen molar-refractivity contribution in [2.24, 2.45) is 0 Å². The van der Waals surface area contributed by atoms with Crippen LogP contribution < -0.4 is 4.90 Å². The van der Waals surface area contributed by atoms with E-state index in [1.54, 1.807) is 0 Å². The molecule has 48 heavy (non-hydrogen) atoms. The van der Waals surface area contributed by atoms with E-state index in [4.69, 9.17) is 4.42 Å². The van der Waals surface area contributed by atoms with Gasteiger partial charge in [0.05, 0.1) is 0 Å². The van der Waals surface area contributed by atoms with Crippen molar-refractivity contribution in [3.63, 3.8) is 0 Å². The standard InChI is InChI=1S/C46H31NO/c1-2-15-37(16-3-1)47(39-29-25-34(26-30-39)42-20-10-22-45-46(42)43-18-6-7-21-44(43)48-45)38-27-23-32(24-28-38)35-13-8-14-36(31-35)41-19-9-12-33-11-4-5-17-40(33)41/h1-31H. The number of fused-ring (bicyclic) bond motifs is 4. The average molecular weight is 614 g/mol. The fourth-order valence-electron chi connectivity index (χ4n) is 6.98. The van der Waals surface area contributed by atoms with Gasteiger partial charge in [0.2, 0.25) is 0 Å². The maximum absolute atomic E-state index is 6.17. The second-order valence-electron chi connectivity index (χ2n) is 12.1. The van der Waals surface area contributed by atoms with E-state index in [0.717, 1.165) is 44.6 Å². The van der Waals surface area contributed by atoms with Gasteiger partial charge in [0.25, 0.3) is 0 Å². The topological polar surface area (TPSA) is 16.4 Å². The lowest BCUT2D eigenvalue weighted by Crippen LogP contribution is -2.09. The van der Waals surface area contributed by atoms with Crippen molar-refractivity contribution in [3.05, 3.63) is 188 Å². The minimum atomic E-state index is 0.909. The Labute approximate surface area is 279 Å². The van der Waals surface area contributed by atoms with E-state index >= 15 is 0 Å². The van der Waals surface area contributed by atoms with Crippen LogP contribution in [0.15, 0.2) is 192 Å². The molecule has 0 aliphatic carbocycles. The van der Waals surface area contributed by atoms with E-state index in [-0.39, 0.29) is 0 Å². The van der Waals surface area contributed by atoms with Gasteiger partial charge in [-0.2, -0.15) is 0 Å². The monoisotopic (exact) mass is 613 g/mol. The van der Waals surface area contributed by atoms with Gasteiger partial charge in [-0.25, -0.2) is 0 Å². The van der Waals surface area contributed by atoms with Gasteiger partial charge >= 0.3 is 0 Å². The molecular weight excluding hydrogens is 583 g/mol. The Kier molecular flexibility index (Phi) is 6.84. The molecule has 2 heteroatoms. The lowest BCUT2D eigenvalue weighted by Gasteiger charge is -2.26. The van der Waals surface area contributed by atoms with Crippen molar-refractivity contribution in [1.82, 2.24) is 0 Å². The highest BCUT2D eigenvalue weighted by Crippen LogP contribution is 2.40. The molecule has 226 valence electrons. The average Bonchev–Trinajstić information content (AvgIpc) is 3.55. The molecule has 9 aromatic rings. The first-order chi connectivity index (χ1) is 23.8. The highest BCUT2D eigenvalue weighted by Gasteiger charge is 2.15. The Morgan fingerprint density at radius 2 is 0.896 bits per heavy atom. The molecule has 0 spiro atoms. The number of anilines is 3. The van der Waals surface area contributed by atoms with Crippen LogP contribution in [-0.4, -0.2) is 0 Å². The fraction of sp³-hybridized carbons (Fsp3) is 0. The van der Waals surface area contributed by atoms with Crippen molar-refractivity contribution in [3.8, 4) is 33.4 Å². The third-order valence-electron chi connectivity index (χ3n) is 9.28. The summed E-state index contributed by atoms with van der Waals surface area (Å²) in [5, 5.41) is 4.82. The molecule has 0 saturated carbocycles. The molecule has 8 aromatic carbocycles. The molecule has 0 radical (unpaired) electrons. The number of hydrogen-bond acceptors (Lipinski definition) is 2. The van der Waals surface area contributed by atoms with E-state index in [1.807, 2.05) is 18.2 Å². The van der Waals surface area contributed by atoms with Crippen LogP contribution in [0.2, 0.25) is 0 Å². The maximum Gasteiger partial charge on any atom is 0.136 e. The Morgan fingerprint density at radius 3 is 1.71 bits per heavy atom. The molecule has 0 N–H and O–H groups in total. The minimum Gasteiger partial charge on any atom is -0.456 e. The van der Waals surface area contributed by atoms with Crippen molar-refractivity contribution >= 4 is 49.8 Å². The number of rotatable bonds is 6. The Bertz CT molecular complexity index is 2540. The van der Waals surface area contributed by atoms with Gasteiger partial charge in [-0.3, -0.25) is 0 Å². The zero-order valence-corrected chi connectivity index (χ0v) is 26.3. The zero-order chi connectivity index (χ0) is 31.9. The molecule has 0 unspecified atom stereocenters. The Balaban J connectivity index is 1.07. The van der Waals surface area contributed by atoms with E-state index < -0.39 is 0 Å². The normalized spacial score (nSPS) is 11.3. The maximum atomic E-state index is 6.17. The van der Waals surface area contributed by atoms with Crippen molar-refractivity contribution in [2.75, 3.05) is 4.90 Å². The van der Waals surface area contributed by atoms with E-state index in [9.17, 15) is 0 Å². The first-order valence-corrected chi connectivity index (χ1v) is 16.3. The number of nitrogens with zero attached hydrogens (tertiary/aromatic N) is 1. The Hall–Kier alpha value is -6.38. The summed E-state index contributed by atoms with van der Waals surface area (Å²) in [5.74, 6) is 0. The predicted octanol–water partition coefficient (Wildman–Crippen LogP) is 13.2. The summed E-state index contributed by atoms with van der Waals surface area (Å²) in [5.41, 5.74) is 12.3. The number of para-hydroxylation sites is 2. The molecule has 0 amide bonds. The number of furan rings is 1. The molecule has 2 nitrogen and oxygen atoms in total. The predicted molar refractivity (Wildman–Crippen MR) is 202 cm³/mol. The summed E-state index contributed by atoms with van der Waals surface area (Å²) < 4.78 is 6.17. The van der Waals surface area contributed by atoms with Crippen LogP contribution >= 0.6 is 0 Å². The molecule has 1 aromatic heterocycles. The van der Waals surface area contributed by atoms with Crippen LogP contribution in [0.5, 0.6) is 0 Å². The Morgan fingerprint density at radius 1 is 0.333 bits per heavy atom. The van der Waals surface area contributed by atoms with E-state index in [2.05, 4.69) is 175 Å². The van der Waals surface area contributed by atoms with Crippen molar-refractivity contribution in [2.45, 2.75) is 0 Å². The van der Waals surface area contributed by atoms with Gasteiger partial charge in [-0.05, 0) is 98.8 Å². The zero-order valence-electron chi connectivity index (χ0n) is 26.3. The first kappa shape index (κ1) is 27.9. The summed E-state index contributed by atoms with van der Waals surface area (Å²) in [7, 11) is 0. The summed E-state index contributed by atoms with van der Waals surface area (Å²) >= 11 is 0. The molecule has 0 aliphatic rings. The number of hydrogen-bond donors (Lipinski definition) is 0. The second-order valence-corrected chi connectivity index (χ2v) is 12.1. The smallest absolute Gasteiger partial charge is 0.136 e. The SMILES string of the molecule is c1ccc(N(c2ccc(-c3cccc(-c4cccc5ccccc45)c3)cc2)c2ccc(-c3cccc4oc5ccccc5c34)cc2)cc1. The molecular formula is C46H31NO. The van der Waals surface area contributed by atoms with Gasteiger partial charge in [-0.15, -0.1) is 0 Å². The van der Waals surface area contributed by atoms with Crippen LogP contribution in [-0.2, 0) is 0 Å². The molecule has 0 atom stereocenters. The van der Waals surface area contributed by atoms with Crippen LogP contribution in [0.25, 0.3) is 66.1 Å². The molecule has 0 bridgehead atoms. The third kappa shape index (κ3) is 4.92. The first-order valence-electron chi connectivity index (χ1n) is 16.3. The fourth-order valence-corrected chi connectivity index (χ4v) is 6.98. The molecule has 1 heterocycles. The van der Waals surface area contributed by atoms with Crippen molar-refractivity contribution < 1.29 is 4.42 Å². The van der Waals surface area contributed by atoms with E-state index in [0.29, 0.717) is 0 Å². The summed E-state index contributed by atoms with van der Waals surface area (Å²) in [6.07, 6.45) is 0. The molecule has 0 aliphatic heterocycles. The highest BCUT2D eigenvalue weighted by atomic mass is 16.3. The molecule has 0 fully saturated rings. The van der Waals surface area contributed by atoms with Gasteiger partial charge < -0.3 is 9.32 Å². The minimum absolute atomic E-state index is 0.909. The third-order valence-corrected chi connectivity index (χ3v) is 9.28.